The molecule has 3 heteroatoms. The van der Waals surface area contributed by atoms with Crippen LogP contribution in [0.25, 0.3) is 0 Å². The highest BCUT2D eigenvalue weighted by atomic mass is 16.5. The van der Waals surface area contributed by atoms with Gasteiger partial charge in [-0.05, 0) is 60.2 Å². The first kappa shape index (κ1) is 19.9. The van der Waals surface area contributed by atoms with E-state index in [-0.39, 0.29) is 18.3 Å². The lowest BCUT2D eigenvalue weighted by atomic mass is 9.88. The number of ether oxygens (including phenoxy) is 1. The molecule has 27 heavy (non-hydrogen) atoms. The lowest BCUT2D eigenvalue weighted by molar-refractivity contribution is -0.0932. The summed E-state index contributed by atoms with van der Waals surface area (Å²) in [5.41, 5.74) is 13.4. The maximum atomic E-state index is 10.2. The third kappa shape index (κ3) is 4.90. The first-order valence-corrected chi connectivity index (χ1v) is 10.0. The van der Waals surface area contributed by atoms with Gasteiger partial charge in [0.25, 0.3) is 0 Å². The second kappa shape index (κ2) is 8.89. The van der Waals surface area contributed by atoms with Crippen LogP contribution in [0.5, 0.6) is 0 Å². The fourth-order valence-corrected chi connectivity index (χ4v) is 4.12. The van der Waals surface area contributed by atoms with Gasteiger partial charge >= 0.3 is 0 Å². The number of hydrogen-bond acceptors (Lipinski definition) is 3. The molecule has 144 valence electrons. The Morgan fingerprint density at radius 2 is 2.04 bits per heavy atom. The molecular weight excluding hydrogens is 334 g/mol. The highest BCUT2D eigenvalue weighted by molar-refractivity contribution is 5.42. The van der Waals surface area contributed by atoms with Crippen LogP contribution in [0.3, 0.4) is 0 Å². The predicted octanol–water partition coefficient (Wildman–Crippen LogP) is 3.99. The number of benzene rings is 1. The maximum Gasteiger partial charge on any atom is 0.0854 e. The molecule has 0 bridgehead atoms. The van der Waals surface area contributed by atoms with Crippen molar-refractivity contribution in [2.45, 2.75) is 71.2 Å². The molecule has 3 rings (SSSR count). The van der Waals surface area contributed by atoms with Crippen LogP contribution in [-0.2, 0) is 17.6 Å². The van der Waals surface area contributed by atoms with E-state index in [1.54, 1.807) is 0 Å². The molecule has 1 aliphatic heterocycles. The van der Waals surface area contributed by atoms with Crippen molar-refractivity contribution in [3.8, 4) is 0 Å². The van der Waals surface area contributed by atoms with Crippen LogP contribution in [-0.4, -0.2) is 23.9 Å². The number of hydrogen-bond donors (Lipinski definition) is 2. The molecule has 1 heterocycles. The van der Waals surface area contributed by atoms with Gasteiger partial charge in [0.15, 0.2) is 0 Å². The Labute approximate surface area is 163 Å². The van der Waals surface area contributed by atoms with Crippen molar-refractivity contribution in [3.63, 3.8) is 0 Å². The van der Waals surface area contributed by atoms with Crippen molar-refractivity contribution in [3.05, 3.63) is 69.8 Å². The van der Waals surface area contributed by atoms with E-state index in [4.69, 9.17) is 10.5 Å². The summed E-state index contributed by atoms with van der Waals surface area (Å²) in [4.78, 5) is 0. The summed E-state index contributed by atoms with van der Waals surface area (Å²) in [6.07, 6.45) is 3.77. The zero-order valence-electron chi connectivity index (χ0n) is 16.7. The van der Waals surface area contributed by atoms with Crippen molar-refractivity contribution in [1.29, 1.82) is 0 Å². The molecule has 3 nitrogen and oxygen atoms in total. The molecule has 1 saturated heterocycles. The molecule has 3 atom stereocenters. The van der Waals surface area contributed by atoms with Crippen LogP contribution in [0.15, 0.2) is 24.3 Å². The minimum atomic E-state index is -0.351. The summed E-state index contributed by atoms with van der Waals surface area (Å²) in [6, 6.07) is 15.0. The molecule has 2 aromatic carbocycles. The van der Waals surface area contributed by atoms with Crippen LogP contribution >= 0.6 is 0 Å². The highest BCUT2D eigenvalue weighted by Gasteiger charge is 2.29. The molecule has 1 aliphatic rings. The van der Waals surface area contributed by atoms with E-state index in [1.807, 2.05) is 6.07 Å². The van der Waals surface area contributed by atoms with E-state index in [1.165, 1.54) is 22.3 Å². The van der Waals surface area contributed by atoms with Gasteiger partial charge in [-0.3, -0.25) is 0 Å². The smallest absolute Gasteiger partial charge is 0.0854 e. The molecule has 1 fully saturated rings. The lowest BCUT2D eigenvalue weighted by Crippen LogP contribution is -2.36. The zero-order valence-corrected chi connectivity index (χ0v) is 16.7. The van der Waals surface area contributed by atoms with Gasteiger partial charge in [-0.1, -0.05) is 37.6 Å². The van der Waals surface area contributed by atoms with Gasteiger partial charge in [-0.25, -0.2) is 0 Å². The monoisotopic (exact) mass is 365 g/mol. The Bertz CT molecular complexity index is 771. The van der Waals surface area contributed by atoms with E-state index in [0.29, 0.717) is 19.4 Å². The van der Waals surface area contributed by atoms with Gasteiger partial charge < -0.3 is 15.6 Å². The van der Waals surface area contributed by atoms with E-state index in [9.17, 15) is 5.11 Å². The minimum absolute atomic E-state index is 0.0717. The van der Waals surface area contributed by atoms with Gasteiger partial charge in [0.1, 0.15) is 0 Å². The van der Waals surface area contributed by atoms with E-state index >= 15 is 0 Å². The highest BCUT2D eigenvalue weighted by Crippen LogP contribution is 2.34. The Kier molecular flexibility index (Phi) is 6.55. The summed E-state index contributed by atoms with van der Waals surface area (Å²) < 4.78 is 6.17. The molecule has 3 unspecified atom stereocenters. The molecule has 0 amide bonds. The van der Waals surface area contributed by atoms with Crippen molar-refractivity contribution in [2.24, 2.45) is 5.73 Å². The molecule has 3 N–H and O–H groups in total. The Hall–Kier alpha value is -1.86. The van der Waals surface area contributed by atoms with Crippen molar-refractivity contribution in [1.82, 2.24) is 0 Å². The lowest BCUT2D eigenvalue weighted by Gasteiger charge is -2.33. The van der Waals surface area contributed by atoms with E-state index < -0.39 is 0 Å². The van der Waals surface area contributed by atoms with Gasteiger partial charge in [0, 0.05) is 31.4 Å². The van der Waals surface area contributed by atoms with Gasteiger partial charge in [0.05, 0.1) is 18.3 Å². The Morgan fingerprint density at radius 1 is 1.22 bits per heavy atom. The topological polar surface area (TPSA) is 55.5 Å². The number of rotatable bonds is 6. The van der Waals surface area contributed by atoms with E-state index in [2.05, 4.69) is 51.1 Å². The maximum absolute atomic E-state index is 10.2. The normalized spacial score (nSPS) is 22.5. The van der Waals surface area contributed by atoms with Crippen molar-refractivity contribution < 1.29 is 9.84 Å². The standard InChI is InChI=1S/C24H31NO2/c1-4-6-23-17(3)10-20(24-14-21(26)13-22(15-25)27-24)12-19(23)11-18-8-5-7-16(2)9-18/h7,9-10,12,21-22,24,26H,4,6,11,13-15,25H2,1-3H3. The second-order valence-electron chi connectivity index (χ2n) is 7.84. The molecule has 2 aromatic rings. The molecule has 0 saturated carbocycles. The van der Waals surface area contributed by atoms with Gasteiger partial charge in [-0.15, -0.1) is 0 Å². The summed E-state index contributed by atoms with van der Waals surface area (Å²) >= 11 is 0. The van der Waals surface area contributed by atoms with Crippen LogP contribution in [0.4, 0.5) is 0 Å². The van der Waals surface area contributed by atoms with Crippen molar-refractivity contribution in [2.75, 3.05) is 6.54 Å². The molecule has 0 spiro atoms. The second-order valence-corrected chi connectivity index (χ2v) is 7.84. The largest absolute Gasteiger partial charge is 0.393 e. The summed E-state index contributed by atoms with van der Waals surface area (Å²) in [6.45, 7) is 6.94. The quantitative estimate of drug-likeness (QED) is 0.814. The summed E-state index contributed by atoms with van der Waals surface area (Å²) in [5.74, 6) is 0. The SMILES string of the molecule is CCCc1c(C)cc(C2CC(O)CC(CN)O2)cc1Cc1c#ccc(C)c1. The Balaban J connectivity index is 1.95. The fraction of sp³-hybridized carbons (Fsp3) is 0.500. The number of aryl methyl sites for hydroxylation is 2. The first-order valence-electron chi connectivity index (χ1n) is 10.0. The Morgan fingerprint density at radius 3 is 2.74 bits per heavy atom. The minimum Gasteiger partial charge on any atom is -0.393 e. The van der Waals surface area contributed by atoms with Crippen LogP contribution in [0, 0.1) is 26.0 Å². The first-order chi connectivity index (χ1) is 13.0. The van der Waals surface area contributed by atoms with E-state index in [0.717, 1.165) is 30.4 Å². The van der Waals surface area contributed by atoms with Crippen molar-refractivity contribution >= 4 is 0 Å². The predicted molar refractivity (Wildman–Crippen MR) is 109 cm³/mol. The van der Waals surface area contributed by atoms with Crippen LogP contribution < -0.4 is 5.73 Å². The van der Waals surface area contributed by atoms with Gasteiger partial charge in [-0.2, -0.15) is 0 Å². The third-order valence-corrected chi connectivity index (χ3v) is 5.42. The summed E-state index contributed by atoms with van der Waals surface area (Å²) in [7, 11) is 0. The third-order valence-electron chi connectivity index (χ3n) is 5.42. The average Bonchev–Trinajstić information content (AvgIpc) is 2.63. The average molecular weight is 366 g/mol. The number of aliphatic hydroxyl groups excluding tert-OH is 1. The number of aliphatic hydroxyl groups is 1. The van der Waals surface area contributed by atoms with Crippen LogP contribution in [0.1, 0.15) is 65.7 Å². The summed E-state index contributed by atoms with van der Waals surface area (Å²) in [5, 5.41) is 10.2. The van der Waals surface area contributed by atoms with Crippen LogP contribution in [0.2, 0.25) is 0 Å². The molecule has 0 aromatic heterocycles. The zero-order chi connectivity index (χ0) is 19.4. The molecule has 0 aliphatic carbocycles. The number of nitrogens with two attached hydrogens (primary N) is 1. The van der Waals surface area contributed by atoms with Gasteiger partial charge in [0.2, 0.25) is 0 Å². The molecular formula is C24H31NO2. The molecule has 0 radical (unpaired) electrons. The fourth-order valence-electron chi connectivity index (χ4n) is 4.12.